The van der Waals surface area contributed by atoms with E-state index in [1.165, 1.54) is 0 Å². The molecule has 2 rings (SSSR count). The van der Waals surface area contributed by atoms with Gasteiger partial charge in [0, 0.05) is 17.8 Å². The lowest BCUT2D eigenvalue weighted by molar-refractivity contribution is -0.190. The average molecular weight is 305 g/mol. The number of ether oxygens (including phenoxy) is 1. The molecule has 0 saturated heterocycles. The lowest BCUT2D eigenvalue weighted by Crippen LogP contribution is -2.36. The molecule has 2 N–H and O–H groups in total. The van der Waals surface area contributed by atoms with Crippen molar-refractivity contribution in [3.63, 3.8) is 0 Å². The molecule has 21 heavy (non-hydrogen) atoms. The predicted molar refractivity (Wildman–Crippen MR) is 65.1 cm³/mol. The molecule has 1 aliphatic rings. The van der Waals surface area contributed by atoms with Gasteiger partial charge in [0.25, 0.3) is 0 Å². The van der Waals surface area contributed by atoms with Crippen LogP contribution in [0.3, 0.4) is 0 Å². The Labute approximate surface area is 118 Å². The van der Waals surface area contributed by atoms with Crippen LogP contribution >= 0.6 is 0 Å². The smallest absolute Gasteiger partial charge is 0.425 e. The molecule has 1 unspecified atom stereocenters. The molecule has 0 aromatic carbocycles. The Bertz CT molecular complexity index is 555. The van der Waals surface area contributed by atoms with Gasteiger partial charge in [0.05, 0.1) is 5.60 Å². The first-order valence-corrected chi connectivity index (χ1v) is 6.33. The Balaban J connectivity index is 2.39. The Morgan fingerprint density at radius 2 is 2.10 bits per heavy atom. The van der Waals surface area contributed by atoms with Crippen molar-refractivity contribution in [1.29, 1.82) is 0 Å². The maximum absolute atomic E-state index is 12.6. The van der Waals surface area contributed by atoms with E-state index in [0.717, 1.165) is 25.6 Å². The first-order valence-electron chi connectivity index (χ1n) is 6.33. The molecule has 0 bridgehead atoms. The summed E-state index contributed by atoms with van der Waals surface area (Å²) < 4.78 is 42.6. The van der Waals surface area contributed by atoms with Crippen molar-refractivity contribution in [2.24, 2.45) is 0 Å². The van der Waals surface area contributed by atoms with E-state index < -0.39 is 29.5 Å². The summed E-state index contributed by atoms with van der Waals surface area (Å²) >= 11 is 0. The summed E-state index contributed by atoms with van der Waals surface area (Å²) in [6, 6.07) is 0.913. The third-order valence-electron chi connectivity index (χ3n) is 3.53. The molecule has 0 amide bonds. The summed E-state index contributed by atoms with van der Waals surface area (Å²) in [6.45, 7) is 0.815. The number of carbonyl (C=O) groups is 1. The number of hydrogen-bond acceptors (Lipinski definition) is 4. The first-order chi connectivity index (χ1) is 9.63. The molecule has 5 nitrogen and oxygen atoms in total. The maximum Gasteiger partial charge on any atom is 0.425 e. The molecular formula is C13H14F3NO4. The number of nitrogens with zero attached hydrogens (tertiary/aromatic N) is 1. The summed E-state index contributed by atoms with van der Waals surface area (Å²) in [7, 11) is 0. The molecule has 1 heterocycles. The summed E-state index contributed by atoms with van der Waals surface area (Å²) in [5.74, 6) is -1.68. The van der Waals surface area contributed by atoms with Gasteiger partial charge in [-0.25, -0.2) is 9.78 Å². The number of carboxylic acid groups (broad SMARTS) is 1. The number of alkyl halides is 3. The third-order valence-corrected chi connectivity index (χ3v) is 3.53. The molecule has 116 valence electrons. The van der Waals surface area contributed by atoms with E-state index in [0.29, 0.717) is 12.8 Å². The quantitative estimate of drug-likeness (QED) is 0.893. The molecule has 1 atom stereocenters. The monoisotopic (exact) mass is 305 g/mol. The largest absolute Gasteiger partial charge is 0.481 e. The predicted octanol–water partition coefficient (Wildman–Crippen LogP) is 2.48. The van der Waals surface area contributed by atoms with Gasteiger partial charge < -0.3 is 14.9 Å². The summed E-state index contributed by atoms with van der Waals surface area (Å²) in [4.78, 5) is 14.5. The van der Waals surface area contributed by atoms with Gasteiger partial charge in [0.15, 0.2) is 11.8 Å². The van der Waals surface area contributed by atoms with Crippen LogP contribution in [0, 0.1) is 0 Å². The standard InChI is InChI=1S/C13H14F3NO4/c1-7(13(14,15)16)21-10-5-9(11(18)19)17-6-8(10)12(20)3-2-4-12/h5-7,20H,2-4H2,1H3,(H,18,19). The third kappa shape index (κ3) is 3.10. The fourth-order valence-corrected chi connectivity index (χ4v) is 2.04. The molecule has 1 saturated carbocycles. The van der Waals surface area contributed by atoms with Crippen molar-refractivity contribution in [2.45, 2.75) is 44.1 Å². The van der Waals surface area contributed by atoms with Crippen LogP contribution in [0.2, 0.25) is 0 Å². The van der Waals surface area contributed by atoms with Crippen LogP contribution in [0.5, 0.6) is 5.75 Å². The van der Waals surface area contributed by atoms with Gasteiger partial charge in [-0.3, -0.25) is 0 Å². The van der Waals surface area contributed by atoms with Crippen molar-refractivity contribution < 1.29 is 32.9 Å². The highest BCUT2D eigenvalue weighted by atomic mass is 19.4. The number of aromatic nitrogens is 1. The van der Waals surface area contributed by atoms with E-state index in [1.807, 2.05) is 0 Å². The minimum atomic E-state index is -4.59. The van der Waals surface area contributed by atoms with Crippen LogP contribution in [0.1, 0.15) is 42.2 Å². The number of hydrogen-bond donors (Lipinski definition) is 2. The lowest BCUT2D eigenvalue weighted by Gasteiger charge is -2.38. The second-order valence-corrected chi connectivity index (χ2v) is 5.06. The topological polar surface area (TPSA) is 79.7 Å². The minimum absolute atomic E-state index is 0.0925. The molecule has 1 aliphatic carbocycles. The normalized spacial score (nSPS) is 18.7. The average Bonchev–Trinajstić information content (AvgIpc) is 2.34. The molecule has 0 radical (unpaired) electrons. The number of rotatable bonds is 4. The zero-order chi connectivity index (χ0) is 15.8. The molecule has 1 aromatic rings. The van der Waals surface area contributed by atoms with Crippen LogP contribution in [0.15, 0.2) is 12.3 Å². The van der Waals surface area contributed by atoms with Crippen LogP contribution < -0.4 is 4.74 Å². The number of carboxylic acids is 1. The molecule has 0 spiro atoms. The van der Waals surface area contributed by atoms with Crippen LogP contribution in [0.25, 0.3) is 0 Å². The molecule has 8 heteroatoms. The molecule has 1 fully saturated rings. The second-order valence-electron chi connectivity index (χ2n) is 5.06. The number of aliphatic hydroxyl groups is 1. The van der Waals surface area contributed by atoms with Crippen molar-refractivity contribution in [1.82, 2.24) is 4.98 Å². The Hall–Kier alpha value is -1.83. The number of pyridine rings is 1. The Morgan fingerprint density at radius 3 is 2.52 bits per heavy atom. The first kappa shape index (κ1) is 15.6. The van der Waals surface area contributed by atoms with Crippen molar-refractivity contribution in [3.05, 3.63) is 23.5 Å². The van der Waals surface area contributed by atoms with Gasteiger partial charge >= 0.3 is 12.1 Å². The Kier molecular flexibility index (Phi) is 3.83. The molecule has 0 aliphatic heterocycles. The molecular weight excluding hydrogens is 291 g/mol. The van der Waals surface area contributed by atoms with Gasteiger partial charge in [-0.2, -0.15) is 13.2 Å². The minimum Gasteiger partial charge on any atom is -0.481 e. The highest BCUT2D eigenvalue weighted by molar-refractivity contribution is 5.85. The zero-order valence-electron chi connectivity index (χ0n) is 11.1. The van der Waals surface area contributed by atoms with E-state index >= 15 is 0 Å². The van der Waals surface area contributed by atoms with Gasteiger partial charge in [0.2, 0.25) is 0 Å². The number of aromatic carboxylic acids is 1. The van der Waals surface area contributed by atoms with E-state index in [-0.39, 0.29) is 11.3 Å². The second kappa shape index (κ2) is 5.18. The fraction of sp³-hybridized carbons (Fsp3) is 0.538. The highest BCUT2D eigenvalue weighted by Gasteiger charge is 2.42. The van der Waals surface area contributed by atoms with E-state index in [2.05, 4.69) is 4.98 Å². The van der Waals surface area contributed by atoms with E-state index in [4.69, 9.17) is 9.84 Å². The highest BCUT2D eigenvalue weighted by Crippen LogP contribution is 2.45. The van der Waals surface area contributed by atoms with E-state index in [1.54, 1.807) is 0 Å². The lowest BCUT2D eigenvalue weighted by atomic mass is 9.75. The van der Waals surface area contributed by atoms with Gasteiger partial charge in [-0.05, 0) is 26.2 Å². The SMILES string of the molecule is CC(Oc1cc(C(=O)O)ncc1C1(O)CCC1)C(F)(F)F. The van der Waals surface area contributed by atoms with Gasteiger partial charge in [0.1, 0.15) is 5.75 Å². The van der Waals surface area contributed by atoms with E-state index in [9.17, 15) is 23.1 Å². The Morgan fingerprint density at radius 1 is 1.48 bits per heavy atom. The molecule has 1 aromatic heterocycles. The van der Waals surface area contributed by atoms with Crippen molar-refractivity contribution >= 4 is 5.97 Å². The van der Waals surface area contributed by atoms with Crippen LogP contribution in [-0.4, -0.2) is 33.4 Å². The van der Waals surface area contributed by atoms with Crippen molar-refractivity contribution in [2.75, 3.05) is 0 Å². The summed E-state index contributed by atoms with van der Waals surface area (Å²) in [5.41, 5.74) is -1.65. The summed E-state index contributed by atoms with van der Waals surface area (Å²) in [6.07, 6.45) is -4.17. The van der Waals surface area contributed by atoms with Gasteiger partial charge in [-0.1, -0.05) is 0 Å². The zero-order valence-corrected chi connectivity index (χ0v) is 11.1. The fourth-order valence-electron chi connectivity index (χ4n) is 2.04. The number of halogens is 3. The van der Waals surface area contributed by atoms with Crippen LogP contribution in [-0.2, 0) is 5.60 Å². The van der Waals surface area contributed by atoms with Gasteiger partial charge in [-0.15, -0.1) is 0 Å². The summed E-state index contributed by atoms with van der Waals surface area (Å²) in [5, 5.41) is 19.1. The van der Waals surface area contributed by atoms with Crippen LogP contribution in [0.4, 0.5) is 13.2 Å². The maximum atomic E-state index is 12.6. The van der Waals surface area contributed by atoms with Crippen molar-refractivity contribution in [3.8, 4) is 5.75 Å².